The first-order valence-electron chi connectivity index (χ1n) is 8.81. The Hall–Kier alpha value is -2.76. The van der Waals surface area contributed by atoms with Gasteiger partial charge in [-0.15, -0.1) is 0 Å². The highest BCUT2D eigenvalue weighted by molar-refractivity contribution is 7.89. The normalized spacial score (nSPS) is 17.1. The molecule has 2 aromatic carbocycles. The molecule has 1 saturated heterocycles. The highest BCUT2D eigenvalue weighted by atomic mass is 32.2. The quantitative estimate of drug-likeness (QED) is 0.745. The summed E-state index contributed by atoms with van der Waals surface area (Å²) in [5.74, 6) is -0.420. The first kappa shape index (κ1) is 20.0. The first-order chi connectivity index (χ1) is 13.3. The van der Waals surface area contributed by atoms with Crippen LogP contribution in [-0.4, -0.2) is 43.2 Å². The maximum absolute atomic E-state index is 13.3. The second kappa shape index (κ2) is 8.09. The minimum absolute atomic E-state index is 0.0145. The molecule has 6 nitrogen and oxygen atoms in total. The van der Waals surface area contributed by atoms with E-state index in [0.29, 0.717) is 18.4 Å². The van der Waals surface area contributed by atoms with E-state index in [9.17, 15) is 17.6 Å². The van der Waals surface area contributed by atoms with Gasteiger partial charge >= 0.3 is 0 Å². The molecule has 1 aliphatic rings. The highest BCUT2D eigenvalue weighted by Gasteiger charge is 2.34. The average molecular weight is 401 g/mol. The van der Waals surface area contributed by atoms with Gasteiger partial charge < -0.3 is 4.90 Å². The van der Waals surface area contributed by atoms with Crippen LogP contribution in [0.2, 0.25) is 0 Å². The van der Waals surface area contributed by atoms with Crippen molar-refractivity contribution in [1.29, 1.82) is 5.26 Å². The molecule has 8 heteroatoms. The number of hydrogen-bond donors (Lipinski definition) is 0. The number of carbonyl (C=O) groups excluding carboxylic acids is 1. The first-order valence-corrected chi connectivity index (χ1v) is 10.3. The minimum atomic E-state index is -3.92. The summed E-state index contributed by atoms with van der Waals surface area (Å²) in [6.07, 6.45) is 0.957. The molecule has 2 aromatic rings. The number of amides is 1. The Balaban J connectivity index is 1.95. The van der Waals surface area contributed by atoms with Crippen molar-refractivity contribution >= 4 is 15.9 Å². The Kier molecular flexibility index (Phi) is 5.77. The second-order valence-electron chi connectivity index (χ2n) is 6.76. The number of likely N-dealkylation sites (N-methyl/N-ethyl adjacent to an activating group) is 1. The van der Waals surface area contributed by atoms with Gasteiger partial charge in [0.25, 0.3) is 0 Å². The number of halogens is 1. The monoisotopic (exact) mass is 401 g/mol. The van der Waals surface area contributed by atoms with E-state index in [1.807, 2.05) is 6.07 Å². The maximum Gasteiger partial charge on any atom is 0.243 e. The second-order valence-corrected chi connectivity index (χ2v) is 8.70. The van der Waals surface area contributed by atoms with E-state index in [4.69, 9.17) is 5.26 Å². The number of nitriles is 1. The maximum atomic E-state index is 13.3. The van der Waals surface area contributed by atoms with Gasteiger partial charge in [0.1, 0.15) is 5.82 Å². The van der Waals surface area contributed by atoms with Gasteiger partial charge in [-0.25, -0.2) is 12.8 Å². The third kappa shape index (κ3) is 4.21. The predicted octanol–water partition coefficient (Wildman–Crippen LogP) is 2.51. The summed E-state index contributed by atoms with van der Waals surface area (Å²) < 4.78 is 41.1. The van der Waals surface area contributed by atoms with E-state index in [2.05, 4.69) is 0 Å². The molecule has 1 heterocycles. The number of likely N-dealkylation sites (tertiary alicyclic amines) is 1. The lowest BCUT2D eigenvalue weighted by Crippen LogP contribution is -2.42. The molecule has 1 atom stereocenters. The lowest BCUT2D eigenvalue weighted by atomic mass is 10.2. The lowest BCUT2D eigenvalue weighted by Gasteiger charge is -2.28. The summed E-state index contributed by atoms with van der Waals surface area (Å²) in [6, 6.07) is 13.2. The number of nitrogens with zero attached hydrogens (tertiary/aromatic N) is 3. The van der Waals surface area contributed by atoms with Crippen molar-refractivity contribution < 1.29 is 17.6 Å². The van der Waals surface area contributed by atoms with Crippen molar-refractivity contribution in [2.24, 2.45) is 0 Å². The fourth-order valence-corrected chi connectivity index (χ4v) is 4.74. The molecule has 0 bridgehead atoms. The van der Waals surface area contributed by atoms with Gasteiger partial charge in [0.05, 0.1) is 16.5 Å². The van der Waals surface area contributed by atoms with E-state index in [1.165, 1.54) is 52.8 Å². The third-order valence-electron chi connectivity index (χ3n) is 4.92. The van der Waals surface area contributed by atoms with Crippen molar-refractivity contribution in [3.63, 3.8) is 0 Å². The highest BCUT2D eigenvalue weighted by Crippen LogP contribution is 2.24. The number of rotatable bonds is 6. The van der Waals surface area contributed by atoms with E-state index in [-0.39, 0.29) is 35.5 Å². The molecule has 1 amide bonds. The van der Waals surface area contributed by atoms with Crippen molar-refractivity contribution in [2.75, 3.05) is 13.6 Å². The van der Waals surface area contributed by atoms with Crippen molar-refractivity contribution in [2.45, 2.75) is 30.3 Å². The predicted molar refractivity (Wildman–Crippen MR) is 101 cm³/mol. The smallest absolute Gasteiger partial charge is 0.243 e. The molecule has 146 valence electrons. The number of carbonyl (C=O) groups is 1. The fourth-order valence-electron chi connectivity index (χ4n) is 3.23. The van der Waals surface area contributed by atoms with Gasteiger partial charge in [-0.3, -0.25) is 4.79 Å². The van der Waals surface area contributed by atoms with Crippen LogP contribution in [-0.2, 0) is 21.4 Å². The zero-order valence-electron chi connectivity index (χ0n) is 15.4. The minimum Gasteiger partial charge on any atom is -0.341 e. The SMILES string of the molecule is CN1C(=O)CC[C@H]1CN(Cc1ccc(F)cc1)S(=O)(=O)c1cccc(C#N)c1. The zero-order chi connectivity index (χ0) is 20.3. The summed E-state index contributed by atoms with van der Waals surface area (Å²) >= 11 is 0. The Bertz CT molecular complexity index is 1020. The lowest BCUT2D eigenvalue weighted by molar-refractivity contribution is -0.127. The van der Waals surface area contributed by atoms with E-state index in [0.717, 1.165) is 0 Å². The Morgan fingerprint density at radius 1 is 1.25 bits per heavy atom. The summed E-state index contributed by atoms with van der Waals surface area (Å²) in [7, 11) is -2.25. The van der Waals surface area contributed by atoms with Gasteiger partial charge in [0.2, 0.25) is 15.9 Å². The van der Waals surface area contributed by atoms with Crippen LogP contribution in [0.3, 0.4) is 0 Å². The molecule has 0 spiro atoms. The van der Waals surface area contributed by atoms with Crippen molar-refractivity contribution in [3.8, 4) is 6.07 Å². The molecule has 0 aromatic heterocycles. The zero-order valence-corrected chi connectivity index (χ0v) is 16.2. The molecule has 1 fully saturated rings. The third-order valence-corrected chi connectivity index (χ3v) is 6.73. The van der Waals surface area contributed by atoms with Gasteiger partial charge in [-0.2, -0.15) is 9.57 Å². The topological polar surface area (TPSA) is 81.5 Å². The van der Waals surface area contributed by atoms with Crippen LogP contribution in [0.5, 0.6) is 0 Å². The summed E-state index contributed by atoms with van der Waals surface area (Å²) in [4.78, 5) is 13.4. The van der Waals surface area contributed by atoms with Crippen LogP contribution >= 0.6 is 0 Å². The summed E-state index contributed by atoms with van der Waals surface area (Å²) in [5, 5.41) is 9.08. The summed E-state index contributed by atoms with van der Waals surface area (Å²) in [5.41, 5.74) is 0.879. The van der Waals surface area contributed by atoms with Gasteiger partial charge in [-0.1, -0.05) is 18.2 Å². The standard InChI is InChI=1S/C20H20FN3O3S/c1-23-18(9-10-20(23)25)14-24(13-15-5-7-17(21)8-6-15)28(26,27)19-4-2-3-16(11-19)12-22/h2-8,11,18H,9-10,13-14H2,1H3/t18-/m0/s1. The fraction of sp³-hybridized carbons (Fsp3) is 0.300. The molecule has 0 N–H and O–H groups in total. The van der Waals surface area contributed by atoms with Crippen LogP contribution in [0.25, 0.3) is 0 Å². The Morgan fingerprint density at radius 3 is 2.57 bits per heavy atom. The molecule has 28 heavy (non-hydrogen) atoms. The molecule has 0 unspecified atom stereocenters. The van der Waals surface area contributed by atoms with Gasteiger partial charge in [0, 0.05) is 32.6 Å². The molecular weight excluding hydrogens is 381 g/mol. The van der Waals surface area contributed by atoms with Gasteiger partial charge in [0.15, 0.2) is 0 Å². The van der Waals surface area contributed by atoms with E-state index < -0.39 is 15.8 Å². The largest absolute Gasteiger partial charge is 0.341 e. The van der Waals surface area contributed by atoms with E-state index >= 15 is 0 Å². The number of sulfonamides is 1. The Labute approximate surface area is 163 Å². The Morgan fingerprint density at radius 2 is 1.96 bits per heavy atom. The van der Waals surface area contributed by atoms with Crippen LogP contribution in [0.4, 0.5) is 4.39 Å². The molecule has 0 radical (unpaired) electrons. The molecular formula is C20H20FN3O3S. The van der Waals surface area contributed by atoms with Crippen LogP contribution in [0.15, 0.2) is 53.4 Å². The summed E-state index contributed by atoms with van der Waals surface area (Å²) in [6.45, 7) is 0.163. The van der Waals surface area contributed by atoms with Crippen molar-refractivity contribution in [3.05, 3.63) is 65.5 Å². The van der Waals surface area contributed by atoms with Crippen molar-refractivity contribution in [1.82, 2.24) is 9.21 Å². The molecule has 3 rings (SSSR count). The average Bonchev–Trinajstić information content (AvgIpc) is 3.01. The molecule has 0 saturated carbocycles. The molecule has 0 aliphatic carbocycles. The van der Waals surface area contributed by atoms with Gasteiger partial charge in [-0.05, 0) is 42.3 Å². The molecule has 1 aliphatic heterocycles. The number of benzene rings is 2. The van der Waals surface area contributed by atoms with Crippen LogP contribution in [0, 0.1) is 17.1 Å². The van der Waals surface area contributed by atoms with Crippen LogP contribution in [0.1, 0.15) is 24.0 Å². The van der Waals surface area contributed by atoms with Crippen LogP contribution < -0.4 is 0 Å². The number of hydrogen-bond acceptors (Lipinski definition) is 4. The van der Waals surface area contributed by atoms with E-state index in [1.54, 1.807) is 11.9 Å².